The number of nitriles is 1. The number of hydrogen-bond donors (Lipinski definition) is 0. The van der Waals surface area contributed by atoms with Gasteiger partial charge in [-0.25, -0.2) is 9.97 Å². The SMILES string of the molecule is Cc1cc(-c2cc(Br)cs2)nc(C#N)n1. The van der Waals surface area contributed by atoms with E-state index in [0.717, 1.165) is 20.7 Å². The smallest absolute Gasteiger partial charge is 0.224 e. The van der Waals surface area contributed by atoms with E-state index in [4.69, 9.17) is 5.26 Å². The number of aryl methyl sites for hydroxylation is 1. The molecule has 0 bridgehead atoms. The van der Waals surface area contributed by atoms with Crippen LogP contribution in [0.15, 0.2) is 22.0 Å². The monoisotopic (exact) mass is 279 g/mol. The summed E-state index contributed by atoms with van der Waals surface area (Å²) >= 11 is 4.97. The van der Waals surface area contributed by atoms with Gasteiger partial charge in [0.2, 0.25) is 5.82 Å². The first-order chi connectivity index (χ1) is 7.19. The average molecular weight is 280 g/mol. The Morgan fingerprint density at radius 1 is 1.40 bits per heavy atom. The van der Waals surface area contributed by atoms with Crippen molar-refractivity contribution in [3.05, 3.63) is 33.5 Å². The molecule has 0 unspecified atom stereocenters. The number of halogens is 1. The van der Waals surface area contributed by atoms with E-state index in [9.17, 15) is 0 Å². The Labute approximate surface area is 99.6 Å². The van der Waals surface area contributed by atoms with Crippen LogP contribution in [-0.2, 0) is 0 Å². The maximum Gasteiger partial charge on any atom is 0.233 e. The quantitative estimate of drug-likeness (QED) is 0.806. The molecule has 0 fully saturated rings. The predicted octanol–water partition coefficient (Wildman–Crippen LogP) is 3.15. The van der Waals surface area contributed by atoms with Gasteiger partial charge in [0.15, 0.2) is 0 Å². The Hall–Kier alpha value is -1.25. The second-order valence-corrected chi connectivity index (χ2v) is 4.79. The van der Waals surface area contributed by atoms with E-state index in [0.29, 0.717) is 0 Å². The fourth-order valence-corrected chi connectivity index (χ4v) is 2.58. The zero-order valence-corrected chi connectivity index (χ0v) is 10.3. The van der Waals surface area contributed by atoms with Crippen LogP contribution in [0.2, 0.25) is 0 Å². The Bertz CT molecular complexity index is 542. The molecule has 0 saturated heterocycles. The Morgan fingerprint density at radius 2 is 2.20 bits per heavy atom. The van der Waals surface area contributed by atoms with E-state index < -0.39 is 0 Å². The van der Waals surface area contributed by atoms with Gasteiger partial charge >= 0.3 is 0 Å². The zero-order chi connectivity index (χ0) is 10.8. The lowest BCUT2D eigenvalue weighted by Gasteiger charge is -1.98. The van der Waals surface area contributed by atoms with Crippen molar-refractivity contribution < 1.29 is 0 Å². The molecule has 0 spiro atoms. The molecule has 2 rings (SSSR count). The van der Waals surface area contributed by atoms with Crippen molar-refractivity contribution in [2.24, 2.45) is 0 Å². The van der Waals surface area contributed by atoms with Gasteiger partial charge in [-0.05, 0) is 35.0 Å². The largest absolute Gasteiger partial charge is 0.233 e. The highest BCUT2D eigenvalue weighted by atomic mass is 79.9. The highest BCUT2D eigenvalue weighted by Gasteiger charge is 2.06. The minimum absolute atomic E-state index is 0.217. The second kappa shape index (κ2) is 4.09. The molecule has 74 valence electrons. The van der Waals surface area contributed by atoms with E-state index in [-0.39, 0.29) is 5.82 Å². The lowest BCUT2D eigenvalue weighted by molar-refractivity contribution is 1.07. The molecule has 0 aliphatic carbocycles. The summed E-state index contributed by atoms with van der Waals surface area (Å²) in [4.78, 5) is 9.19. The average Bonchev–Trinajstić information content (AvgIpc) is 2.64. The van der Waals surface area contributed by atoms with E-state index in [1.165, 1.54) is 0 Å². The molecule has 0 N–H and O–H groups in total. The standard InChI is InChI=1S/C10H6BrN3S/c1-6-2-8(14-10(4-12)13-6)9-3-7(11)5-15-9/h2-3,5H,1H3. The third-order valence-electron chi connectivity index (χ3n) is 1.77. The summed E-state index contributed by atoms with van der Waals surface area (Å²) in [6, 6.07) is 5.81. The maximum absolute atomic E-state index is 8.76. The molecule has 0 saturated carbocycles. The van der Waals surface area contributed by atoms with Gasteiger partial charge in [-0.3, -0.25) is 0 Å². The molecule has 0 atom stereocenters. The van der Waals surface area contributed by atoms with Crippen molar-refractivity contribution in [1.82, 2.24) is 9.97 Å². The molecule has 0 radical (unpaired) electrons. The molecular formula is C10H6BrN3S. The lowest BCUT2D eigenvalue weighted by Crippen LogP contribution is -1.93. The first-order valence-electron chi connectivity index (χ1n) is 4.19. The summed E-state index contributed by atoms with van der Waals surface area (Å²) in [6.45, 7) is 1.86. The third-order valence-corrected chi connectivity index (χ3v) is 3.49. The summed E-state index contributed by atoms with van der Waals surface area (Å²) in [7, 11) is 0. The lowest BCUT2D eigenvalue weighted by atomic mass is 10.3. The summed E-state index contributed by atoms with van der Waals surface area (Å²) < 4.78 is 1.03. The van der Waals surface area contributed by atoms with Gasteiger partial charge in [-0.15, -0.1) is 11.3 Å². The fraction of sp³-hybridized carbons (Fsp3) is 0.100. The topological polar surface area (TPSA) is 49.6 Å². The minimum Gasteiger partial charge on any atom is -0.224 e. The van der Waals surface area contributed by atoms with Crippen LogP contribution in [0.4, 0.5) is 0 Å². The maximum atomic E-state index is 8.76. The molecule has 5 heteroatoms. The number of hydrogen-bond acceptors (Lipinski definition) is 4. The molecule has 15 heavy (non-hydrogen) atoms. The van der Waals surface area contributed by atoms with Gasteiger partial charge in [-0.2, -0.15) is 5.26 Å². The Morgan fingerprint density at radius 3 is 2.80 bits per heavy atom. The van der Waals surface area contributed by atoms with Gasteiger partial charge < -0.3 is 0 Å². The Kier molecular flexibility index (Phi) is 2.80. The zero-order valence-electron chi connectivity index (χ0n) is 7.86. The van der Waals surface area contributed by atoms with Gasteiger partial charge in [-0.1, -0.05) is 0 Å². The van der Waals surface area contributed by atoms with Crippen molar-refractivity contribution in [2.75, 3.05) is 0 Å². The Balaban J connectivity index is 2.54. The van der Waals surface area contributed by atoms with E-state index >= 15 is 0 Å². The van der Waals surface area contributed by atoms with Crippen LogP contribution in [0, 0.1) is 18.3 Å². The molecule has 2 aromatic rings. The van der Waals surface area contributed by atoms with Gasteiger partial charge in [0, 0.05) is 15.5 Å². The highest BCUT2D eigenvalue weighted by molar-refractivity contribution is 9.10. The second-order valence-electron chi connectivity index (χ2n) is 2.96. The van der Waals surface area contributed by atoms with Crippen molar-refractivity contribution in [3.63, 3.8) is 0 Å². The molecule has 0 aliphatic heterocycles. The molecular weight excluding hydrogens is 274 g/mol. The first kappa shape index (κ1) is 10.3. The molecule has 2 heterocycles. The van der Waals surface area contributed by atoms with Crippen LogP contribution in [0.3, 0.4) is 0 Å². The summed E-state index contributed by atoms with van der Waals surface area (Å²) in [5.74, 6) is 0.217. The van der Waals surface area contributed by atoms with Crippen molar-refractivity contribution in [2.45, 2.75) is 6.92 Å². The van der Waals surface area contributed by atoms with Gasteiger partial charge in [0.05, 0.1) is 10.6 Å². The van der Waals surface area contributed by atoms with Crippen molar-refractivity contribution in [1.29, 1.82) is 5.26 Å². The van der Waals surface area contributed by atoms with Crippen LogP contribution in [0.25, 0.3) is 10.6 Å². The highest BCUT2D eigenvalue weighted by Crippen LogP contribution is 2.28. The van der Waals surface area contributed by atoms with Crippen LogP contribution in [-0.4, -0.2) is 9.97 Å². The predicted molar refractivity (Wildman–Crippen MR) is 62.5 cm³/mol. The van der Waals surface area contributed by atoms with E-state index in [2.05, 4.69) is 25.9 Å². The first-order valence-corrected chi connectivity index (χ1v) is 5.86. The number of thiophene rings is 1. The normalized spacial score (nSPS) is 9.93. The summed E-state index contributed by atoms with van der Waals surface area (Å²) in [5, 5.41) is 10.7. The fourth-order valence-electron chi connectivity index (χ4n) is 1.19. The van der Waals surface area contributed by atoms with Crippen molar-refractivity contribution in [3.8, 4) is 16.6 Å². The molecule has 3 nitrogen and oxygen atoms in total. The summed E-state index contributed by atoms with van der Waals surface area (Å²) in [5.41, 5.74) is 1.61. The van der Waals surface area contributed by atoms with Crippen LogP contribution >= 0.6 is 27.3 Å². The van der Waals surface area contributed by atoms with E-state index in [1.807, 2.05) is 30.5 Å². The molecule has 0 amide bonds. The van der Waals surface area contributed by atoms with Crippen LogP contribution in [0.5, 0.6) is 0 Å². The molecule has 0 aromatic carbocycles. The third kappa shape index (κ3) is 2.22. The number of rotatable bonds is 1. The minimum atomic E-state index is 0.217. The van der Waals surface area contributed by atoms with Crippen LogP contribution in [0.1, 0.15) is 11.5 Å². The number of aromatic nitrogens is 2. The van der Waals surface area contributed by atoms with Gasteiger partial charge in [0.1, 0.15) is 6.07 Å². The van der Waals surface area contributed by atoms with E-state index in [1.54, 1.807) is 11.3 Å². The van der Waals surface area contributed by atoms with Crippen LogP contribution < -0.4 is 0 Å². The van der Waals surface area contributed by atoms with Gasteiger partial charge in [0.25, 0.3) is 0 Å². The van der Waals surface area contributed by atoms with Crippen molar-refractivity contribution >= 4 is 27.3 Å². The molecule has 0 aliphatic rings. The summed E-state index contributed by atoms with van der Waals surface area (Å²) in [6.07, 6.45) is 0. The number of nitrogens with zero attached hydrogens (tertiary/aromatic N) is 3. The molecule has 2 aromatic heterocycles.